The molecule has 1 fully saturated rings. The van der Waals surface area contributed by atoms with Crippen LogP contribution in [0.2, 0.25) is 5.02 Å². The first-order valence-electron chi connectivity index (χ1n) is 10.5. The number of Topliss-reactive ketones (excluding diaryl/α,β-unsaturated/α-hetero) is 1. The first kappa shape index (κ1) is 22.2. The topological polar surface area (TPSA) is 101 Å². The van der Waals surface area contributed by atoms with Crippen LogP contribution in [0.5, 0.6) is 5.75 Å². The molecule has 2 N–H and O–H groups in total. The van der Waals surface area contributed by atoms with Crippen LogP contribution in [-0.4, -0.2) is 44.0 Å². The Morgan fingerprint density at radius 1 is 1.35 bits per heavy atom. The van der Waals surface area contributed by atoms with Gasteiger partial charge in [-0.2, -0.15) is 13.9 Å². The molecule has 0 spiro atoms. The molecule has 1 amide bonds. The van der Waals surface area contributed by atoms with Crippen molar-refractivity contribution < 1.29 is 23.1 Å². The first-order chi connectivity index (χ1) is 16.4. The zero-order valence-corrected chi connectivity index (χ0v) is 18.4. The maximum Gasteiger partial charge on any atom is 0.387 e. The largest absolute Gasteiger partial charge is 0.434 e. The number of nitrogens with one attached hydrogen (secondary N) is 2. The smallest absolute Gasteiger partial charge is 0.387 e. The number of hydrazine groups is 1. The third kappa shape index (κ3) is 4.19. The van der Waals surface area contributed by atoms with E-state index in [0.717, 1.165) is 6.42 Å². The summed E-state index contributed by atoms with van der Waals surface area (Å²) in [5.74, 6) is -0.545. The molecule has 0 saturated heterocycles. The van der Waals surface area contributed by atoms with Crippen molar-refractivity contribution in [1.82, 2.24) is 30.3 Å². The van der Waals surface area contributed by atoms with E-state index in [2.05, 4.69) is 20.8 Å². The molecule has 1 aliphatic carbocycles. The van der Waals surface area contributed by atoms with Gasteiger partial charge in [-0.05, 0) is 37.1 Å². The Bertz CT molecular complexity index is 1300. The number of benzene rings is 1. The van der Waals surface area contributed by atoms with Crippen LogP contribution in [0.25, 0.3) is 5.65 Å². The van der Waals surface area contributed by atoms with Crippen molar-refractivity contribution in [2.75, 3.05) is 0 Å². The Balaban J connectivity index is 1.51. The van der Waals surface area contributed by atoms with E-state index in [1.807, 2.05) is 0 Å². The molecule has 3 heterocycles. The second-order valence-electron chi connectivity index (χ2n) is 7.89. The first-order valence-corrected chi connectivity index (χ1v) is 10.9. The highest BCUT2D eigenvalue weighted by molar-refractivity contribution is 6.30. The highest BCUT2D eigenvalue weighted by atomic mass is 35.5. The third-order valence-corrected chi connectivity index (χ3v) is 5.99. The highest BCUT2D eigenvalue weighted by Gasteiger charge is 2.37. The molecule has 2 aliphatic rings. The van der Waals surface area contributed by atoms with E-state index in [0.29, 0.717) is 29.2 Å². The average Bonchev–Trinajstić information content (AvgIpc) is 3.52. The van der Waals surface area contributed by atoms with Crippen LogP contribution in [0.4, 0.5) is 8.78 Å². The molecule has 3 aromatic rings. The zero-order chi connectivity index (χ0) is 23.8. The minimum absolute atomic E-state index is 0.0528. The van der Waals surface area contributed by atoms with E-state index >= 15 is 0 Å². The van der Waals surface area contributed by atoms with Gasteiger partial charge >= 0.3 is 6.61 Å². The summed E-state index contributed by atoms with van der Waals surface area (Å²) in [6.45, 7) is -3.05. The Morgan fingerprint density at radius 3 is 2.97 bits per heavy atom. The molecule has 5 rings (SSSR count). The number of hydrogen-bond donors (Lipinski definition) is 2. The molecule has 34 heavy (non-hydrogen) atoms. The van der Waals surface area contributed by atoms with Crippen molar-refractivity contribution >= 4 is 28.9 Å². The molecular formula is C22H19ClF2N6O3. The molecule has 1 saturated carbocycles. The number of amides is 1. The highest BCUT2D eigenvalue weighted by Crippen LogP contribution is 2.37. The lowest BCUT2D eigenvalue weighted by molar-refractivity contribution is -0.121. The van der Waals surface area contributed by atoms with E-state index in [4.69, 9.17) is 16.3 Å². The number of aromatic nitrogens is 3. The number of hydrogen-bond acceptors (Lipinski definition) is 7. The SMILES string of the molecule is O=C(NC1=CN(C2CCCC2=O)NC1c1cc(Cl)ccc1OC(F)F)c1cnn2cccnc12. The van der Waals surface area contributed by atoms with Crippen LogP contribution < -0.4 is 15.5 Å². The number of carbonyl (C=O) groups is 2. The number of rotatable bonds is 6. The molecule has 0 bridgehead atoms. The monoisotopic (exact) mass is 488 g/mol. The minimum Gasteiger partial charge on any atom is -0.434 e. The zero-order valence-electron chi connectivity index (χ0n) is 17.6. The van der Waals surface area contributed by atoms with Crippen LogP contribution in [0.15, 0.2) is 54.8 Å². The third-order valence-electron chi connectivity index (χ3n) is 5.76. The molecule has 2 unspecified atom stereocenters. The van der Waals surface area contributed by atoms with Crippen molar-refractivity contribution in [3.63, 3.8) is 0 Å². The minimum atomic E-state index is -3.05. The Morgan fingerprint density at radius 2 is 2.21 bits per heavy atom. The predicted octanol–water partition coefficient (Wildman–Crippen LogP) is 3.24. The van der Waals surface area contributed by atoms with E-state index < -0.39 is 24.6 Å². The number of alkyl halides is 2. The van der Waals surface area contributed by atoms with E-state index in [1.54, 1.807) is 29.7 Å². The van der Waals surface area contributed by atoms with Crippen LogP contribution >= 0.6 is 11.6 Å². The molecule has 176 valence electrons. The molecule has 2 atom stereocenters. The maximum atomic E-state index is 13.1. The predicted molar refractivity (Wildman–Crippen MR) is 117 cm³/mol. The lowest BCUT2D eigenvalue weighted by Gasteiger charge is -2.26. The Kier molecular flexibility index (Phi) is 5.88. The Labute approximate surface area is 197 Å². The second kappa shape index (κ2) is 8.99. The molecule has 1 aromatic carbocycles. The summed E-state index contributed by atoms with van der Waals surface area (Å²) in [4.78, 5) is 29.7. The number of halogens is 3. The van der Waals surface area contributed by atoms with Crippen molar-refractivity contribution in [2.45, 2.75) is 38.0 Å². The van der Waals surface area contributed by atoms with Gasteiger partial charge in [0.1, 0.15) is 17.4 Å². The van der Waals surface area contributed by atoms with Crippen molar-refractivity contribution in [2.24, 2.45) is 0 Å². The van der Waals surface area contributed by atoms with Gasteiger partial charge in [-0.25, -0.2) is 14.9 Å². The van der Waals surface area contributed by atoms with E-state index in [1.165, 1.54) is 28.9 Å². The standard InChI is InChI=1S/C22H19ClF2N6O3/c23-12-5-6-18(34-22(24)25)13(9-12)19-15(11-31(29-19)16-3-1-4-17(16)32)28-21(33)14-10-27-30-8-2-7-26-20(14)30/h2,5-11,16,19,22,29H,1,3-4H2,(H,28,33). The summed E-state index contributed by atoms with van der Waals surface area (Å²) in [5.41, 5.74) is 4.35. The number of ketones is 1. The van der Waals surface area contributed by atoms with Gasteiger partial charge in [0.25, 0.3) is 5.91 Å². The molecule has 12 heteroatoms. The van der Waals surface area contributed by atoms with Gasteiger partial charge in [-0.15, -0.1) is 0 Å². The van der Waals surface area contributed by atoms with Crippen LogP contribution in [0.3, 0.4) is 0 Å². The summed E-state index contributed by atoms with van der Waals surface area (Å²) >= 11 is 6.15. The van der Waals surface area contributed by atoms with E-state index in [9.17, 15) is 18.4 Å². The average molecular weight is 489 g/mol. The van der Waals surface area contributed by atoms with Gasteiger partial charge in [0, 0.05) is 35.6 Å². The summed E-state index contributed by atoms with van der Waals surface area (Å²) in [5, 5.41) is 8.84. The number of nitrogens with zero attached hydrogens (tertiary/aromatic N) is 4. The molecule has 9 nitrogen and oxygen atoms in total. The van der Waals surface area contributed by atoms with Crippen molar-refractivity contribution in [3.8, 4) is 5.75 Å². The van der Waals surface area contributed by atoms with E-state index in [-0.39, 0.29) is 22.7 Å². The van der Waals surface area contributed by atoms with Gasteiger partial charge in [-0.1, -0.05) is 11.6 Å². The summed E-state index contributed by atoms with van der Waals surface area (Å²) in [7, 11) is 0. The summed E-state index contributed by atoms with van der Waals surface area (Å²) < 4.78 is 32.3. The van der Waals surface area contributed by atoms with Crippen molar-refractivity contribution in [1.29, 1.82) is 0 Å². The molecular weight excluding hydrogens is 470 g/mol. The number of ether oxygens (including phenoxy) is 1. The van der Waals surface area contributed by atoms with Crippen LogP contribution in [0.1, 0.15) is 41.2 Å². The fourth-order valence-corrected chi connectivity index (χ4v) is 4.41. The molecule has 1 aliphatic heterocycles. The number of carbonyl (C=O) groups excluding carboxylic acids is 2. The molecule has 2 aromatic heterocycles. The molecule has 0 radical (unpaired) electrons. The van der Waals surface area contributed by atoms with Crippen LogP contribution in [-0.2, 0) is 4.79 Å². The lowest BCUT2D eigenvalue weighted by Crippen LogP contribution is -2.42. The maximum absolute atomic E-state index is 13.1. The second-order valence-corrected chi connectivity index (χ2v) is 8.33. The van der Waals surface area contributed by atoms with Gasteiger partial charge in [0.2, 0.25) is 0 Å². The quantitative estimate of drug-likeness (QED) is 0.549. The fraction of sp³-hybridized carbons (Fsp3) is 0.273. The summed E-state index contributed by atoms with van der Waals surface area (Å²) in [6, 6.07) is 4.69. The van der Waals surface area contributed by atoms with Crippen molar-refractivity contribution in [3.05, 3.63) is 70.9 Å². The van der Waals surface area contributed by atoms with Gasteiger partial charge in [0.05, 0.1) is 17.9 Å². The van der Waals surface area contributed by atoms with Gasteiger partial charge in [0.15, 0.2) is 11.4 Å². The van der Waals surface area contributed by atoms with Crippen LogP contribution in [0, 0.1) is 0 Å². The summed E-state index contributed by atoms with van der Waals surface area (Å²) in [6.07, 6.45) is 8.01. The number of fused-ring (bicyclic) bond motifs is 1. The van der Waals surface area contributed by atoms with Gasteiger partial charge in [-0.3, -0.25) is 9.59 Å². The fourth-order valence-electron chi connectivity index (χ4n) is 4.23. The van der Waals surface area contributed by atoms with Gasteiger partial charge < -0.3 is 15.1 Å². The lowest BCUT2D eigenvalue weighted by atomic mass is 10.0. The normalized spacial score (nSPS) is 20.3. The Hall–Kier alpha value is -3.57.